The van der Waals surface area contributed by atoms with Gasteiger partial charge < -0.3 is 10.0 Å². The highest BCUT2D eigenvalue weighted by molar-refractivity contribution is 6.34. The van der Waals surface area contributed by atoms with E-state index >= 15 is 0 Å². The molecule has 5 heteroatoms. The van der Waals surface area contributed by atoms with Crippen LogP contribution in [-0.2, 0) is 4.79 Å². The van der Waals surface area contributed by atoms with E-state index in [1.807, 2.05) is 13.0 Å². The molecule has 1 unspecified atom stereocenters. The Kier molecular flexibility index (Phi) is 4.10. The lowest BCUT2D eigenvalue weighted by Gasteiger charge is -2.24. The molecule has 1 aliphatic heterocycles. The largest absolute Gasteiger partial charge is 0.481 e. The topological polar surface area (TPSA) is 57.6 Å². The minimum absolute atomic E-state index is 0.00479. The zero-order valence-corrected chi connectivity index (χ0v) is 11.5. The summed E-state index contributed by atoms with van der Waals surface area (Å²) in [5.74, 6) is -1.04. The summed E-state index contributed by atoms with van der Waals surface area (Å²) in [6.07, 6.45) is 1.57. The number of halogens is 1. The molecule has 1 heterocycles. The van der Waals surface area contributed by atoms with Crippen molar-refractivity contribution in [1.29, 1.82) is 0 Å². The maximum Gasteiger partial charge on any atom is 0.305 e. The van der Waals surface area contributed by atoms with Gasteiger partial charge in [0, 0.05) is 12.6 Å². The van der Waals surface area contributed by atoms with Crippen molar-refractivity contribution in [2.45, 2.75) is 32.2 Å². The number of hydrogen-bond acceptors (Lipinski definition) is 2. The first-order valence-corrected chi connectivity index (χ1v) is 6.66. The number of carboxylic acids is 1. The molecule has 0 spiro atoms. The third kappa shape index (κ3) is 2.89. The molecule has 1 saturated heterocycles. The number of aryl methyl sites for hydroxylation is 1. The van der Waals surface area contributed by atoms with Crippen molar-refractivity contribution in [2.24, 2.45) is 0 Å². The molecule has 0 bridgehead atoms. The summed E-state index contributed by atoms with van der Waals surface area (Å²) in [7, 11) is 0. The zero-order valence-electron chi connectivity index (χ0n) is 10.7. The van der Waals surface area contributed by atoms with Crippen molar-refractivity contribution in [3.8, 4) is 0 Å². The average molecular weight is 282 g/mol. The van der Waals surface area contributed by atoms with E-state index in [0.29, 0.717) is 17.1 Å². The van der Waals surface area contributed by atoms with Crippen LogP contribution in [0.5, 0.6) is 0 Å². The Balaban J connectivity index is 2.23. The van der Waals surface area contributed by atoms with Gasteiger partial charge in [-0.2, -0.15) is 0 Å². The second-order valence-corrected chi connectivity index (χ2v) is 5.21. The highest BCUT2D eigenvalue weighted by atomic mass is 35.5. The molecule has 0 saturated carbocycles. The molecule has 19 heavy (non-hydrogen) atoms. The molecule has 1 fully saturated rings. The van der Waals surface area contributed by atoms with Crippen molar-refractivity contribution in [3.63, 3.8) is 0 Å². The number of likely N-dealkylation sites (tertiary alicyclic amines) is 1. The number of aliphatic carboxylic acids is 1. The summed E-state index contributed by atoms with van der Waals surface area (Å²) in [6, 6.07) is 5.10. The van der Waals surface area contributed by atoms with Gasteiger partial charge in [0.2, 0.25) is 0 Å². The third-order valence-electron chi connectivity index (χ3n) is 3.47. The van der Waals surface area contributed by atoms with Crippen LogP contribution in [0.1, 0.15) is 35.2 Å². The SMILES string of the molecule is Cc1cccc(C(=O)N2CCCC2CC(=O)O)c1Cl. The fourth-order valence-corrected chi connectivity index (χ4v) is 2.69. The van der Waals surface area contributed by atoms with Crippen molar-refractivity contribution >= 4 is 23.5 Å². The minimum atomic E-state index is -0.875. The number of carbonyl (C=O) groups excluding carboxylic acids is 1. The number of benzene rings is 1. The van der Waals surface area contributed by atoms with Crippen molar-refractivity contribution < 1.29 is 14.7 Å². The molecular formula is C14H16ClNO3. The molecular weight excluding hydrogens is 266 g/mol. The number of rotatable bonds is 3. The van der Waals surface area contributed by atoms with Gasteiger partial charge in [0.15, 0.2) is 0 Å². The van der Waals surface area contributed by atoms with Crippen LogP contribution in [0.2, 0.25) is 5.02 Å². The van der Waals surface area contributed by atoms with Crippen LogP contribution < -0.4 is 0 Å². The van der Waals surface area contributed by atoms with Crippen molar-refractivity contribution in [3.05, 3.63) is 34.3 Å². The Labute approximate surface area is 117 Å². The molecule has 1 atom stereocenters. The number of hydrogen-bond donors (Lipinski definition) is 1. The predicted molar refractivity (Wildman–Crippen MR) is 72.5 cm³/mol. The minimum Gasteiger partial charge on any atom is -0.481 e. The number of amides is 1. The van der Waals surface area contributed by atoms with Gasteiger partial charge in [-0.3, -0.25) is 9.59 Å². The fraction of sp³-hybridized carbons (Fsp3) is 0.429. The average Bonchev–Trinajstić information content (AvgIpc) is 2.79. The van der Waals surface area contributed by atoms with Gasteiger partial charge in [0.1, 0.15) is 0 Å². The molecule has 1 amide bonds. The molecule has 1 aromatic carbocycles. The van der Waals surface area contributed by atoms with Gasteiger partial charge in [-0.25, -0.2) is 0 Å². The van der Waals surface area contributed by atoms with Crippen molar-refractivity contribution in [2.75, 3.05) is 6.54 Å². The van der Waals surface area contributed by atoms with E-state index < -0.39 is 5.97 Å². The van der Waals surface area contributed by atoms with E-state index in [1.54, 1.807) is 17.0 Å². The maximum atomic E-state index is 12.5. The Morgan fingerprint density at radius 1 is 1.47 bits per heavy atom. The van der Waals surface area contributed by atoms with Crippen LogP contribution in [0.15, 0.2) is 18.2 Å². The maximum absolute atomic E-state index is 12.5. The summed E-state index contributed by atoms with van der Waals surface area (Å²) >= 11 is 6.16. The summed E-state index contributed by atoms with van der Waals surface area (Å²) < 4.78 is 0. The van der Waals surface area contributed by atoms with Crippen LogP contribution in [0, 0.1) is 6.92 Å². The summed E-state index contributed by atoms with van der Waals surface area (Å²) in [5.41, 5.74) is 1.31. The Bertz CT molecular complexity index is 515. The monoisotopic (exact) mass is 281 g/mol. The predicted octanol–water partition coefficient (Wildman–Crippen LogP) is 2.73. The van der Waals surface area contributed by atoms with E-state index in [-0.39, 0.29) is 18.4 Å². The van der Waals surface area contributed by atoms with Gasteiger partial charge in [0.05, 0.1) is 17.0 Å². The van der Waals surface area contributed by atoms with E-state index in [2.05, 4.69) is 0 Å². The summed E-state index contributed by atoms with van der Waals surface area (Å²) in [6.45, 7) is 2.44. The molecule has 1 aromatic rings. The van der Waals surface area contributed by atoms with Gasteiger partial charge in [-0.05, 0) is 31.4 Å². The van der Waals surface area contributed by atoms with Gasteiger partial charge in [-0.15, -0.1) is 0 Å². The molecule has 2 rings (SSSR count). The number of carbonyl (C=O) groups is 2. The Hall–Kier alpha value is -1.55. The van der Waals surface area contributed by atoms with Crippen LogP contribution in [0.4, 0.5) is 0 Å². The molecule has 1 N–H and O–H groups in total. The van der Waals surface area contributed by atoms with Gasteiger partial charge >= 0.3 is 5.97 Å². The van der Waals surface area contributed by atoms with Crippen LogP contribution in [-0.4, -0.2) is 34.5 Å². The number of nitrogens with zero attached hydrogens (tertiary/aromatic N) is 1. The van der Waals surface area contributed by atoms with E-state index in [0.717, 1.165) is 18.4 Å². The Morgan fingerprint density at radius 2 is 2.21 bits per heavy atom. The molecule has 4 nitrogen and oxygen atoms in total. The molecule has 0 aliphatic carbocycles. The quantitative estimate of drug-likeness (QED) is 0.927. The second kappa shape index (κ2) is 5.61. The summed E-state index contributed by atoms with van der Waals surface area (Å²) in [5, 5.41) is 9.33. The highest BCUT2D eigenvalue weighted by Gasteiger charge is 2.31. The van der Waals surface area contributed by atoms with E-state index in [4.69, 9.17) is 16.7 Å². The number of carboxylic acid groups (broad SMARTS) is 1. The normalized spacial score (nSPS) is 18.6. The highest BCUT2D eigenvalue weighted by Crippen LogP contribution is 2.27. The third-order valence-corrected chi connectivity index (χ3v) is 3.97. The van der Waals surface area contributed by atoms with Crippen molar-refractivity contribution in [1.82, 2.24) is 4.90 Å². The lowest BCUT2D eigenvalue weighted by atomic mass is 10.1. The smallest absolute Gasteiger partial charge is 0.305 e. The second-order valence-electron chi connectivity index (χ2n) is 4.83. The first-order valence-electron chi connectivity index (χ1n) is 6.28. The van der Waals surface area contributed by atoms with Gasteiger partial charge in [-0.1, -0.05) is 23.7 Å². The van der Waals surface area contributed by atoms with E-state index in [9.17, 15) is 9.59 Å². The zero-order chi connectivity index (χ0) is 14.0. The van der Waals surface area contributed by atoms with Crippen LogP contribution in [0.3, 0.4) is 0 Å². The molecule has 102 valence electrons. The van der Waals surface area contributed by atoms with Gasteiger partial charge in [0.25, 0.3) is 5.91 Å². The molecule has 0 aromatic heterocycles. The first kappa shape index (κ1) is 13.9. The Morgan fingerprint density at radius 3 is 2.89 bits per heavy atom. The lowest BCUT2D eigenvalue weighted by Crippen LogP contribution is -2.37. The van der Waals surface area contributed by atoms with E-state index in [1.165, 1.54) is 0 Å². The standard InChI is InChI=1S/C14H16ClNO3/c1-9-4-2-6-11(13(9)15)14(19)16-7-3-5-10(16)8-12(17)18/h2,4,6,10H,3,5,7-8H2,1H3,(H,17,18). The molecule has 1 aliphatic rings. The van der Waals surface area contributed by atoms with Crippen LogP contribution in [0.25, 0.3) is 0 Å². The fourth-order valence-electron chi connectivity index (χ4n) is 2.48. The lowest BCUT2D eigenvalue weighted by molar-refractivity contribution is -0.137. The first-order chi connectivity index (χ1) is 9.00. The molecule has 0 radical (unpaired) electrons. The van der Waals surface area contributed by atoms with Crippen LogP contribution >= 0.6 is 11.6 Å². The summed E-state index contributed by atoms with van der Waals surface area (Å²) in [4.78, 5) is 24.9.